The van der Waals surface area contributed by atoms with E-state index in [1.165, 1.54) is 19.1 Å². The van der Waals surface area contributed by atoms with E-state index in [0.717, 1.165) is 0 Å². The smallest absolute Gasteiger partial charge is 0.335 e. The molecule has 1 amide bonds. The van der Waals surface area contributed by atoms with E-state index in [-0.39, 0.29) is 16.5 Å². The Morgan fingerprint density at radius 3 is 2.40 bits per heavy atom. The maximum absolute atomic E-state index is 10.9. The summed E-state index contributed by atoms with van der Waals surface area (Å²) in [5.41, 5.74) is 1.18. The number of hydrogen-bond acceptors (Lipinski definition) is 2. The number of aromatic carboxylic acids is 1. The Balaban J connectivity index is 3.21. The molecule has 1 aromatic rings. The van der Waals surface area contributed by atoms with E-state index in [0.29, 0.717) is 11.3 Å². The molecule has 2 N–H and O–H groups in total. The molecule has 0 bridgehead atoms. The summed E-state index contributed by atoms with van der Waals surface area (Å²) in [6.07, 6.45) is 0. The van der Waals surface area contributed by atoms with Crippen LogP contribution in [0.2, 0.25) is 5.02 Å². The summed E-state index contributed by atoms with van der Waals surface area (Å²) in [5.74, 6) is -1.29. The largest absolute Gasteiger partial charge is 0.478 e. The minimum Gasteiger partial charge on any atom is -0.478 e. The molecule has 0 aromatic heterocycles. The SMILES string of the molecule is CC(=O)Nc1c(C)cc(C(=O)O)cc1Cl. The van der Waals surface area contributed by atoms with Gasteiger partial charge in [0, 0.05) is 6.92 Å². The topological polar surface area (TPSA) is 66.4 Å². The van der Waals surface area contributed by atoms with Crippen LogP contribution >= 0.6 is 11.6 Å². The van der Waals surface area contributed by atoms with Gasteiger partial charge in [-0.1, -0.05) is 11.6 Å². The molecule has 0 spiro atoms. The fourth-order valence-electron chi connectivity index (χ4n) is 1.20. The Kier molecular flexibility index (Phi) is 3.31. The average molecular weight is 228 g/mol. The first-order chi connectivity index (χ1) is 6.91. The van der Waals surface area contributed by atoms with E-state index in [1.807, 2.05) is 0 Å². The summed E-state index contributed by atoms with van der Waals surface area (Å²) in [5, 5.41) is 11.5. The van der Waals surface area contributed by atoms with E-state index >= 15 is 0 Å². The Morgan fingerprint density at radius 1 is 1.40 bits per heavy atom. The minimum absolute atomic E-state index is 0.103. The number of anilines is 1. The number of carboxylic acids is 1. The van der Waals surface area contributed by atoms with Gasteiger partial charge in [-0.25, -0.2) is 4.79 Å². The molecule has 0 aliphatic carbocycles. The third-order valence-corrected chi connectivity index (χ3v) is 2.13. The molecule has 0 fully saturated rings. The van der Waals surface area contributed by atoms with Crippen LogP contribution in [-0.2, 0) is 4.79 Å². The molecular formula is C10H10ClNO3. The van der Waals surface area contributed by atoms with Gasteiger partial charge >= 0.3 is 5.97 Å². The van der Waals surface area contributed by atoms with Gasteiger partial charge in [-0.2, -0.15) is 0 Å². The molecule has 0 radical (unpaired) electrons. The van der Waals surface area contributed by atoms with E-state index in [2.05, 4.69) is 5.32 Å². The highest BCUT2D eigenvalue weighted by Gasteiger charge is 2.11. The van der Waals surface area contributed by atoms with Gasteiger partial charge in [-0.3, -0.25) is 4.79 Å². The zero-order valence-corrected chi connectivity index (χ0v) is 9.05. The number of halogens is 1. The first kappa shape index (κ1) is 11.5. The van der Waals surface area contributed by atoms with Crippen LogP contribution in [-0.4, -0.2) is 17.0 Å². The number of amides is 1. The van der Waals surface area contributed by atoms with Crippen LogP contribution in [0.15, 0.2) is 12.1 Å². The van der Waals surface area contributed by atoms with Crippen LogP contribution in [0.3, 0.4) is 0 Å². The Morgan fingerprint density at radius 2 is 2.00 bits per heavy atom. The normalized spacial score (nSPS) is 9.80. The lowest BCUT2D eigenvalue weighted by atomic mass is 10.1. The number of hydrogen-bond donors (Lipinski definition) is 2. The lowest BCUT2D eigenvalue weighted by Crippen LogP contribution is -2.09. The zero-order valence-electron chi connectivity index (χ0n) is 8.30. The van der Waals surface area contributed by atoms with E-state index in [9.17, 15) is 9.59 Å². The van der Waals surface area contributed by atoms with Crippen molar-refractivity contribution in [2.75, 3.05) is 5.32 Å². The summed E-state index contributed by atoms with van der Waals surface area (Å²) in [6, 6.07) is 2.77. The highest BCUT2D eigenvalue weighted by molar-refractivity contribution is 6.34. The van der Waals surface area contributed by atoms with Crippen molar-refractivity contribution in [3.8, 4) is 0 Å². The Hall–Kier alpha value is -1.55. The van der Waals surface area contributed by atoms with Crippen molar-refractivity contribution in [1.82, 2.24) is 0 Å². The number of carbonyl (C=O) groups excluding carboxylic acids is 1. The monoisotopic (exact) mass is 227 g/mol. The molecule has 1 aromatic carbocycles. The highest BCUT2D eigenvalue weighted by atomic mass is 35.5. The van der Waals surface area contributed by atoms with Crippen molar-refractivity contribution in [2.45, 2.75) is 13.8 Å². The number of nitrogens with one attached hydrogen (secondary N) is 1. The van der Waals surface area contributed by atoms with Crippen LogP contribution in [0.25, 0.3) is 0 Å². The van der Waals surface area contributed by atoms with Crippen LogP contribution in [0.5, 0.6) is 0 Å². The number of carboxylic acid groups (broad SMARTS) is 1. The maximum Gasteiger partial charge on any atom is 0.335 e. The fraction of sp³-hybridized carbons (Fsp3) is 0.200. The molecule has 0 saturated heterocycles. The van der Waals surface area contributed by atoms with Crippen molar-refractivity contribution in [2.24, 2.45) is 0 Å². The number of benzene rings is 1. The standard InChI is InChI=1S/C10H10ClNO3/c1-5-3-7(10(14)15)4-8(11)9(5)12-6(2)13/h3-4H,1-2H3,(H,12,13)(H,14,15). The van der Waals surface area contributed by atoms with Gasteiger partial charge < -0.3 is 10.4 Å². The highest BCUT2D eigenvalue weighted by Crippen LogP contribution is 2.27. The fourth-order valence-corrected chi connectivity index (χ4v) is 1.52. The molecule has 4 nitrogen and oxygen atoms in total. The first-order valence-corrected chi connectivity index (χ1v) is 4.60. The third-order valence-electron chi connectivity index (χ3n) is 1.84. The van der Waals surface area contributed by atoms with Crippen molar-refractivity contribution in [1.29, 1.82) is 0 Å². The third kappa shape index (κ3) is 2.70. The molecule has 15 heavy (non-hydrogen) atoms. The van der Waals surface area contributed by atoms with E-state index in [1.54, 1.807) is 6.92 Å². The second kappa shape index (κ2) is 4.31. The van der Waals surface area contributed by atoms with Gasteiger partial charge in [-0.15, -0.1) is 0 Å². The molecule has 0 aliphatic rings. The summed E-state index contributed by atoms with van der Waals surface area (Å²) in [4.78, 5) is 21.5. The Bertz CT molecular complexity index is 406. The summed E-state index contributed by atoms with van der Waals surface area (Å²) >= 11 is 5.84. The second-order valence-electron chi connectivity index (χ2n) is 3.14. The van der Waals surface area contributed by atoms with Gasteiger partial charge in [0.15, 0.2) is 0 Å². The lowest BCUT2D eigenvalue weighted by Gasteiger charge is -2.09. The van der Waals surface area contributed by atoms with Crippen LogP contribution in [0.4, 0.5) is 5.69 Å². The van der Waals surface area contributed by atoms with Gasteiger partial charge in [0.1, 0.15) is 0 Å². The number of aryl methyl sites for hydroxylation is 1. The Labute approximate surface area is 91.9 Å². The number of carbonyl (C=O) groups is 2. The van der Waals surface area contributed by atoms with Crippen LogP contribution in [0, 0.1) is 6.92 Å². The molecule has 0 heterocycles. The van der Waals surface area contributed by atoms with Crippen molar-refractivity contribution in [3.63, 3.8) is 0 Å². The quantitative estimate of drug-likeness (QED) is 0.815. The average Bonchev–Trinajstić information content (AvgIpc) is 2.10. The summed E-state index contributed by atoms with van der Waals surface area (Å²) in [7, 11) is 0. The van der Waals surface area contributed by atoms with E-state index in [4.69, 9.17) is 16.7 Å². The van der Waals surface area contributed by atoms with Gasteiger partial charge in [0.05, 0.1) is 16.3 Å². The van der Waals surface area contributed by atoms with E-state index < -0.39 is 5.97 Å². The first-order valence-electron chi connectivity index (χ1n) is 4.23. The van der Waals surface area contributed by atoms with Crippen molar-refractivity contribution in [3.05, 3.63) is 28.3 Å². The predicted octanol–water partition coefficient (Wildman–Crippen LogP) is 2.31. The molecule has 80 valence electrons. The molecule has 0 saturated carbocycles. The van der Waals surface area contributed by atoms with Gasteiger partial charge in [0.2, 0.25) is 5.91 Å². The van der Waals surface area contributed by atoms with Crippen molar-refractivity contribution >= 4 is 29.2 Å². The lowest BCUT2D eigenvalue weighted by molar-refractivity contribution is -0.114. The molecule has 0 unspecified atom stereocenters. The molecular weight excluding hydrogens is 218 g/mol. The van der Waals surface area contributed by atoms with Gasteiger partial charge in [-0.05, 0) is 24.6 Å². The van der Waals surface area contributed by atoms with Crippen LogP contribution in [0.1, 0.15) is 22.8 Å². The van der Waals surface area contributed by atoms with Gasteiger partial charge in [0.25, 0.3) is 0 Å². The summed E-state index contributed by atoms with van der Waals surface area (Å²) < 4.78 is 0. The maximum atomic E-state index is 10.9. The van der Waals surface area contributed by atoms with Crippen LogP contribution < -0.4 is 5.32 Å². The molecule has 0 aliphatic heterocycles. The number of rotatable bonds is 2. The molecule has 0 atom stereocenters. The molecule has 1 rings (SSSR count). The molecule has 5 heteroatoms. The van der Waals surface area contributed by atoms with Crippen molar-refractivity contribution < 1.29 is 14.7 Å². The minimum atomic E-state index is -1.05. The zero-order chi connectivity index (χ0) is 11.6. The second-order valence-corrected chi connectivity index (χ2v) is 3.54. The summed E-state index contributed by atoms with van der Waals surface area (Å²) in [6.45, 7) is 3.05. The predicted molar refractivity (Wildman–Crippen MR) is 57.5 cm³/mol.